The first-order chi connectivity index (χ1) is 11.3. The SMILES string of the molecule is CCc1c([N+](=O)[O-])cc2[nH]c(=O)c(=O)[nH]c2c1CCNCC(=O)O.N. The Morgan fingerprint density at radius 2 is 1.92 bits per heavy atom. The number of nitrogens with one attached hydrogen (secondary N) is 3. The Kier molecular flexibility index (Phi) is 6.53. The Morgan fingerprint density at radius 1 is 1.28 bits per heavy atom. The number of benzene rings is 1. The van der Waals surface area contributed by atoms with Gasteiger partial charge in [0.25, 0.3) is 5.69 Å². The zero-order valence-corrected chi connectivity index (χ0v) is 13.5. The van der Waals surface area contributed by atoms with E-state index in [1.807, 2.05) is 0 Å². The third-order valence-corrected chi connectivity index (χ3v) is 3.60. The molecule has 25 heavy (non-hydrogen) atoms. The lowest BCUT2D eigenvalue weighted by Crippen LogP contribution is -2.30. The molecule has 0 aliphatic heterocycles. The molecule has 0 amide bonds. The maximum atomic E-state index is 11.6. The van der Waals surface area contributed by atoms with Gasteiger partial charge in [0.15, 0.2) is 0 Å². The fraction of sp³-hybridized carbons (Fsp3) is 0.357. The van der Waals surface area contributed by atoms with Gasteiger partial charge in [0.1, 0.15) is 0 Å². The van der Waals surface area contributed by atoms with Crippen molar-refractivity contribution in [2.24, 2.45) is 0 Å². The maximum Gasteiger partial charge on any atom is 0.317 e. The van der Waals surface area contributed by atoms with Crippen LogP contribution in [0.2, 0.25) is 0 Å². The van der Waals surface area contributed by atoms with Crippen molar-refractivity contribution in [1.82, 2.24) is 21.4 Å². The van der Waals surface area contributed by atoms with Gasteiger partial charge in [-0.15, -0.1) is 0 Å². The Morgan fingerprint density at radius 3 is 2.48 bits per heavy atom. The van der Waals surface area contributed by atoms with Crippen LogP contribution in [0.3, 0.4) is 0 Å². The van der Waals surface area contributed by atoms with E-state index in [9.17, 15) is 24.5 Å². The molecule has 0 saturated heterocycles. The molecular formula is C14H19N5O6. The average molecular weight is 353 g/mol. The van der Waals surface area contributed by atoms with Gasteiger partial charge in [-0.1, -0.05) is 6.92 Å². The number of carboxylic acid groups (broad SMARTS) is 1. The molecule has 0 aliphatic carbocycles. The van der Waals surface area contributed by atoms with E-state index in [-0.39, 0.29) is 36.9 Å². The van der Waals surface area contributed by atoms with Crippen molar-refractivity contribution in [3.63, 3.8) is 0 Å². The van der Waals surface area contributed by atoms with Gasteiger partial charge in [0.2, 0.25) is 0 Å². The van der Waals surface area contributed by atoms with E-state index in [2.05, 4.69) is 15.3 Å². The number of nitro benzene ring substituents is 1. The maximum absolute atomic E-state index is 11.6. The molecule has 11 nitrogen and oxygen atoms in total. The fourth-order valence-corrected chi connectivity index (χ4v) is 2.60. The number of hydrogen-bond donors (Lipinski definition) is 5. The third-order valence-electron chi connectivity index (χ3n) is 3.60. The number of hydrogen-bond acceptors (Lipinski definition) is 7. The average Bonchev–Trinajstić information content (AvgIpc) is 2.51. The minimum absolute atomic E-state index is 0. The van der Waals surface area contributed by atoms with Gasteiger partial charge >= 0.3 is 17.1 Å². The summed E-state index contributed by atoms with van der Waals surface area (Å²) in [5, 5.41) is 22.6. The number of carboxylic acids is 1. The van der Waals surface area contributed by atoms with E-state index in [1.165, 1.54) is 6.07 Å². The van der Waals surface area contributed by atoms with Crippen LogP contribution in [0.4, 0.5) is 5.69 Å². The second kappa shape index (κ2) is 8.17. The van der Waals surface area contributed by atoms with Crippen molar-refractivity contribution in [1.29, 1.82) is 0 Å². The minimum atomic E-state index is -1.02. The van der Waals surface area contributed by atoms with Crippen LogP contribution in [0, 0.1) is 10.1 Å². The van der Waals surface area contributed by atoms with Gasteiger partial charge in [0, 0.05) is 11.6 Å². The van der Waals surface area contributed by atoms with Crippen LogP contribution in [-0.4, -0.2) is 39.1 Å². The molecule has 136 valence electrons. The molecular weight excluding hydrogens is 334 g/mol. The van der Waals surface area contributed by atoms with E-state index in [0.29, 0.717) is 23.1 Å². The lowest BCUT2D eigenvalue weighted by atomic mass is 9.98. The van der Waals surface area contributed by atoms with E-state index < -0.39 is 22.0 Å². The molecule has 1 heterocycles. The highest BCUT2D eigenvalue weighted by molar-refractivity contribution is 5.83. The van der Waals surface area contributed by atoms with Crippen LogP contribution >= 0.6 is 0 Å². The molecule has 0 unspecified atom stereocenters. The molecule has 0 fully saturated rings. The number of carbonyl (C=O) groups is 1. The Balaban J connectivity index is 0.00000312. The largest absolute Gasteiger partial charge is 0.480 e. The molecule has 11 heteroatoms. The first kappa shape index (κ1) is 20.0. The molecule has 1 aromatic carbocycles. The van der Waals surface area contributed by atoms with Gasteiger partial charge in [-0.2, -0.15) is 0 Å². The predicted octanol–water partition coefficient (Wildman–Crippen LogP) is 0.0657. The number of fused-ring (bicyclic) bond motifs is 1. The number of aromatic nitrogens is 2. The van der Waals surface area contributed by atoms with Crippen LogP contribution in [0.1, 0.15) is 18.1 Å². The molecule has 0 atom stereocenters. The highest BCUT2D eigenvalue weighted by Gasteiger charge is 2.21. The summed E-state index contributed by atoms with van der Waals surface area (Å²) in [6, 6.07) is 1.22. The number of rotatable bonds is 7. The normalized spacial score (nSPS) is 10.4. The van der Waals surface area contributed by atoms with E-state index in [0.717, 1.165) is 0 Å². The Bertz CT molecular complexity index is 916. The highest BCUT2D eigenvalue weighted by Crippen LogP contribution is 2.29. The summed E-state index contributed by atoms with van der Waals surface area (Å²) in [5.74, 6) is -1.02. The number of H-pyrrole nitrogens is 2. The van der Waals surface area contributed by atoms with Crippen LogP contribution < -0.4 is 22.6 Å². The summed E-state index contributed by atoms with van der Waals surface area (Å²) >= 11 is 0. The van der Waals surface area contributed by atoms with Gasteiger partial charge in [-0.3, -0.25) is 24.5 Å². The smallest absolute Gasteiger partial charge is 0.317 e. The van der Waals surface area contributed by atoms with Crippen LogP contribution in [-0.2, 0) is 17.6 Å². The Hall–Kier alpha value is -3.05. The predicted molar refractivity (Wildman–Crippen MR) is 90.5 cm³/mol. The first-order valence-corrected chi connectivity index (χ1v) is 7.23. The standard InChI is InChI=1S/C14H16N4O6.H3N/c1-2-7-8(3-4-15-6-11(19)20)12-9(5-10(7)18(23)24)16-13(21)14(22)17-12;/h5,15H,2-4,6H2,1H3,(H,16,21)(H,17,22)(H,19,20);1H3. The summed E-state index contributed by atoms with van der Waals surface area (Å²) in [6.07, 6.45) is 0.609. The summed E-state index contributed by atoms with van der Waals surface area (Å²) in [5.41, 5.74) is -0.466. The van der Waals surface area contributed by atoms with Crippen molar-refractivity contribution in [2.75, 3.05) is 13.1 Å². The molecule has 1 aromatic heterocycles. The quantitative estimate of drug-likeness (QED) is 0.199. The van der Waals surface area contributed by atoms with Crippen molar-refractivity contribution >= 4 is 22.7 Å². The van der Waals surface area contributed by atoms with Crippen molar-refractivity contribution < 1.29 is 14.8 Å². The topological polar surface area (TPSA) is 193 Å². The summed E-state index contributed by atoms with van der Waals surface area (Å²) in [6.45, 7) is 1.74. The zero-order valence-electron chi connectivity index (χ0n) is 13.5. The fourth-order valence-electron chi connectivity index (χ4n) is 2.60. The summed E-state index contributed by atoms with van der Waals surface area (Å²) < 4.78 is 0. The van der Waals surface area contributed by atoms with Crippen molar-refractivity contribution in [2.45, 2.75) is 19.8 Å². The molecule has 0 bridgehead atoms. The second-order valence-electron chi connectivity index (χ2n) is 5.11. The molecule has 0 aliphatic rings. The van der Waals surface area contributed by atoms with E-state index in [4.69, 9.17) is 5.11 Å². The minimum Gasteiger partial charge on any atom is -0.480 e. The molecule has 0 spiro atoms. The van der Waals surface area contributed by atoms with Gasteiger partial charge in [-0.25, -0.2) is 0 Å². The number of nitrogens with zero attached hydrogens (tertiary/aromatic N) is 1. The van der Waals surface area contributed by atoms with E-state index in [1.54, 1.807) is 6.92 Å². The first-order valence-electron chi connectivity index (χ1n) is 7.23. The molecule has 7 N–H and O–H groups in total. The van der Waals surface area contributed by atoms with Crippen LogP contribution in [0.5, 0.6) is 0 Å². The zero-order chi connectivity index (χ0) is 17.9. The summed E-state index contributed by atoms with van der Waals surface area (Å²) in [7, 11) is 0. The molecule has 2 rings (SSSR count). The lowest BCUT2D eigenvalue weighted by molar-refractivity contribution is -0.385. The van der Waals surface area contributed by atoms with E-state index >= 15 is 0 Å². The molecule has 2 aromatic rings. The summed E-state index contributed by atoms with van der Waals surface area (Å²) in [4.78, 5) is 49.1. The van der Waals surface area contributed by atoms with Crippen LogP contribution in [0.25, 0.3) is 11.0 Å². The third kappa shape index (κ3) is 4.28. The number of nitro groups is 1. The van der Waals surface area contributed by atoms with Gasteiger partial charge in [-0.05, 0) is 24.9 Å². The number of aliphatic carboxylic acids is 1. The van der Waals surface area contributed by atoms with Crippen molar-refractivity contribution in [3.05, 3.63) is 48.0 Å². The number of aromatic amines is 2. The van der Waals surface area contributed by atoms with Gasteiger partial charge < -0.3 is 26.5 Å². The molecule has 0 radical (unpaired) electrons. The second-order valence-corrected chi connectivity index (χ2v) is 5.11. The van der Waals surface area contributed by atoms with Gasteiger partial charge in [0.05, 0.1) is 22.5 Å². The highest BCUT2D eigenvalue weighted by atomic mass is 16.6. The molecule has 0 saturated carbocycles. The van der Waals surface area contributed by atoms with Crippen LogP contribution in [0.15, 0.2) is 15.7 Å². The Labute approximate surface area is 140 Å². The monoisotopic (exact) mass is 353 g/mol. The lowest BCUT2D eigenvalue weighted by Gasteiger charge is -2.12. The van der Waals surface area contributed by atoms with Crippen molar-refractivity contribution in [3.8, 4) is 0 Å².